The van der Waals surface area contributed by atoms with Gasteiger partial charge in [0.25, 0.3) is 0 Å². The molecule has 1 aromatic carbocycles. The molecule has 6 heteroatoms. The number of nitrogens with one attached hydrogen (secondary N) is 1. The number of imidazole rings is 1. The van der Waals surface area contributed by atoms with Crippen molar-refractivity contribution in [3.8, 4) is 0 Å². The number of aromatic nitrogens is 4. The molecule has 3 aromatic rings. The van der Waals surface area contributed by atoms with Crippen molar-refractivity contribution in [2.45, 2.75) is 37.8 Å². The Kier molecular flexibility index (Phi) is 4.56. The normalized spacial score (nSPS) is 19.1. The summed E-state index contributed by atoms with van der Waals surface area (Å²) in [6.07, 6.45) is 12.5. The fraction of sp³-hybridized carbons (Fsp3) is 0.350. The largest absolute Gasteiger partial charge is 0.347 e. The molecule has 134 valence electrons. The summed E-state index contributed by atoms with van der Waals surface area (Å²) in [5.41, 5.74) is 3.62. The molecular formula is C20H23N5O. The van der Waals surface area contributed by atoms with E-state index in [-0.39, 0.29) is 18.0 Å². The van der Waals surface area contributed by atoms with E-state index >= 15 is 0 Å². The third-order valence-corrected chi connectivity index (χ3v) is 5.11. The van der Waals surface area contributed by atoms with Crippen molar-refractivity contribution >= 4 is 5.91 Å². The van der Waals surface area contributed by atoms with Crippen LogP contribution in [0.1, 0.15) is 41.6 Å². The zero-order chi connectivity index (χ0) is 17.9. The second-order valence-electron chi connectivity index (χ2n) is 6.88. The highest BCUT2D eigenvalue weighted by atomic mass is 16.1. The maximum absolute atomic E-state index is 12.7. The number of benzene rings is 1. The molecule has 0 aliphatic heterocycles. The quantitative estimate of drug-likeness (QED) is 0.770. The Bertz CT molecular complexity index is 883. The molecular weight excluding hydrogens is 326 g/mol. The summed E-state index contributed by atoms with van der Waals surface area (Å²) < 4.78 is 3.88. The van der Waals surface area contributed by atoms with Crippen molar-refractivity contribution in [2.75, 3.05) is 0 Å². The highest BCUT2D eigenvalue weighted by molar-refractivity contribution is 5.77. The smallest absolute Gasteiger partial charge is 0.220 e. The van der Waals surface area contributed by atoms with Gasteiger partial charge in [0.2, 0.25) is 5.91 Å². The predicted molar refractivity (Wildman–Crippen MR) is 98.4 cm³/mol. The number of hydrogen-bond donors (Lipinski definition) is 1. The van der Waals surface area contributed by atoms with Crippen molar-refractivity contribution in [3.63, 3.8) is 0 Å². The van der Waals surface area contributed by atoms with Gasteiger partial charge in [0.15, 0.2) is 0 Å². The van der Waals surface area contributed by atoms with Gasteiger partial charge < -0.3 is 9.88 Å². The molecule has 2 aromatic heterocycles. The summed E-state index contributed by atoms with van der Waals surface area (Å²) in [5.74, 6) is 0.0701. The Labute approximate surface area is 152 Å². The van der Waals surface area contributed by atoms with Gasteiger partial charge in [0.1, 0.15) is 0 Å². The first-order chi connectivity index (χ1) is 12.7. The van der Waals surface area contributed by atoms with Crippen LogP contribution in [0.15, 0.2) is 55.4 Å². The minimum absolute atomic E-state index is 0.0319. The topological polar surface area (TPSA) is 64.7 Å². The SMILES string of the molecule is Cn1cc(CCC(=O)NC2c3ccccc3CCC2n2ccnc2)cn1. The lowest BCUT2D eigenvalue weighted by Crippen LogP contribution is -2.37. The molecule has 2 heterocycles. The zero-order valence-electron chi connectivity index (χ0n) is 14.9. The van der Waals surface area contributed by atoms with Crippen molar-refractivity contribution < 1.29 is 4.79 Å². The zero-order valence-corrected chi connectivity index (χ0v) is 14.9. The van der Waals surface area contributed by atoms with E-state index in [4.69, 9.17) is 0 Å². The predicted octanol–water partition coefficient (Wildman–Crippen LogP) is 2.59. The van der Waals surface area contributed by atoms with Gasteiger partial charge >= 0.3 is 0 Å². The summed E-state index contributed by atoms with van der Waals surface area (Å²) in [7, 11) is 1.89. The molecule has 2 unspecified atom stereocenters. The summed E-state index contributed by atoms with van der Waals surface area (Å²) in [6.45, 7) is 0. The van der Waals surface area contributed by atoms with Gasteiger partial charge in [-0.3, -0.25) is 9.48 Å². The highest BCUT2D eigenvalue weighted by Crippen LogP contribution is 2.37. The number of carbonyl (C=O) groups excluding carboxylic acids is 1. The highest BCUT2D eigenvalue weighted by Gasteiger charge is 2.31. The summed E-state index contributed by atoms with van der Waals surface area (Å²) in [5, 5.41) is 7.44. The number of carbonyl (C=O) groups is 1. The number of rotatable bonds is 5. The monoisotopic (exact) mass is 349 g/mol. The standard InChI is InChI=1S/C20H23N5O/c1-24-13-15(12-22-24)6-9-19(26)23-20-17-5-3-2-4-16(17)7-8-18(20)25-11-10-21-14-25/h2-5,10-14,18,20H,6-9H2,1H3,(H,23,26). The van der Waals surface area contributed by atoms with E-state index in [2.05, 4.69) is 38.2 Å². The molecule has 4 rings (SSSR count). The van der Waals surface area contributed by atoms with Crippen LogP contribution < -0.4 is 5.32 Å². The van der Waals surface area contributed by atoms with Crippen LogP contribution in [0, 0.1) is 0 Å². The molecule has 1 amide bonds. The first-order valence-electron chi connectivity index (χ1n) is 9.03. The number of aryl methyl sites for hydroxylation is 3. The number of nitrogens with zero attached hydrogens (tertiary/aromatic N) is 4. The maximum Gasteiger partial charge on any atom is 0.220 e. The number of fused-ring (bicyclic) bond motifs is 1. The van der Waals surface area contributed by atoms with Crippen LogP contribution in [0.25, 0.3) is 0 Å². The summed E-state index contributed by atoms with van der Waals surface area (Å²) in [4.78, 5) is 16.8. The molecule has 0 bridgehead atoms. The Morgan fingerprint density at radius 3 is 3.00 bits per heavy atom. The van der Waals surface area contributed by atoms with Crippen LogP contribution in [0.3, 0.4) is 0 Å². The van der Waals surface area contributed by atoms with Gasteiger partial charge in [-0.25, -0.2) is 4.98 Å². The van der Waals surface area contributed by atoms with Crippen molar-refractivity contribution in [1.29, 1.82) is 0 Å². The molecule has 1 aliphatic rings. The minimum Gasteiger partial charge on any atom is -0.347 e. The van der Waals surface area contributed by atoms with Crippen LogP contribution in [-0.4, -0.2) is 25.2 Å². The minimum atomic E-state index is -0.0319. The van der Waals surface area contributed by atoms with E-state index in [1.165, 1.54) is 11.1 Å². The molecule has 0 saturated heterocycles. The molecule has 0 radical (unpaired) electrons. The number of hydrogen-bond acceptors (Lipinski definition) is 3. The third kappa shape index (κ3) is 3.40. The Morgan fingerprint density at radius 1 is 1.35 bits per heavy atom. The molecule has 26 heavy (non-hydrogen) atoms. The lowest BCUT2D eigenvalue weighted by molar-refractivity contribution is -0.122. The second kappa shape index (κ2) is 7.15. The lowest BCUT2D eigenvalue weighted by atomic mass is 9.83. The van der Waals surface area contributed by atoms with E-state index in [0.717, 1.165) is 18.4 Å². The van der Waals surface area contributed by atoms with E-state index in [1.54, 1.807) is 10.9 Å². The third-order valence-electron chi connectivity index (χ3n) is 5.11. The molecule has 0 saturated carbocycles. The van der Waals surface area contributed by atoms with E-state index in [1.807, 2.05) is 38.0 Å². The molecule has 0 spiro atoms. The maximum atomic E-state index is 12.7. The fourth-order valence-electron chi connectivity index (χ4n) is 3.81. The van der Waals surface area contributed by atoms with E-state index in [9.17, 15) is 4.79 Å². The van der Waals surface area contributed by atoms with E-state index < -0.39 is 0 Å². The van der Waals surface area contributed by atoms with Gasteiger partial charge in [-0.05, 0) is 36.0 Å². The lowest BCUT2D eigenvalue weighted by Gasteiger charge is -2.35. The summed E-state index contributed by atoms with van der Waals surface area (Å²) in [6, 6.07) is 8.56. The van der Waals surface area contributed by atoms with Crippen molar-refractivity contribution in [3.05, 3.63) is 72.1 Å². The van der Waals surface area contributed by atoms with Crippen LogP contribution in [0.2, 0.25) is 0 Å². The van der Waals surface area contributed by atoms with Gasteiger partial charge in [-0.2, -0.15) is 5.10 Å². The van der Waals surface area contributed by atoms with Gasteiger partial charge in [0.05, 0.1) is 24.6 Å². The van der Waals surface area contributed by atoms with Crippen LogP contribution >= 0.6 is 0 Å². The molecule has 1 N–H and O–H groups in total. The fourth-order valence-corrected chi connectivity index (χ4v) is 3.81. The molecule has 6 nitrogen and oxygen atoms in total. The second-order valence-corrected chi connectivity index (χ2v) is 6.88. The van der Waals surface area contributed by atoms with Gasteiger partial charge in [-0.15, -0.1) is 0 Å². The Hall–Kier alpha value is -2.89. The Balaban J connectivity index is 1.51. The first kappa shape index (κ1) is 16.6. The van der Waals surface area contributed by atoms with Crippen LogP contribution in [-0.2, 0) is 24.7 Å². The molecule has 2 atom stereocenters. The van der Waals surface area contributed by atoms with Crippen molar-refractivity contribution in [1.82, 2.24) is 24.6 Å². The molecule has 0 fully saturated rings. The average molecular weight is 349 g/mol. The molecule has 1 aliphatic carbocycles. The van der Waals surface area contributed by atoms with Gasteiger partial charge in [0, 0.05) is 32.1 Å². The van der Waals surface area contributed by atoms with E-state index in [0.29, 0.717) is 12.8 Å². The average Bonchev–Trinajstić information content (AvgIpc) is 3.32. The Morgan fingerprint density at radius 2 is 2.23 bits per heavy atom. The number of amides is 1. The van der Waals surface area contributed by atoms with Gasteiger partial charge in [-0.1, -0.05) is 24.3 Å². The van der Waals surface area contributed by atoms with Crippen molar-refractivity contribution in [2.24, 2.45) is 7.05 Å². The van der Waals surface area contributed by atoms with Crippen LogP contribution in [0.4, 0.5) is 0 Å². The summed E-state index contributed by atoms with van der Waals surface area (Å²) >= 11 is 0. The van der Waals surface area contributed by atoms with Crippen LogP contribution in [0.5, 0.6) is 0 Å². The first-order valence-corrected chi connectivity index (χ1v) is 9.03.